The van der Waals surface area contributed by atoms with Gasteiger partial charge < -0.3 is 9.72 Å². The third-order valence-electron chi connectivity index (χ3n) is 11.7. The Morgan fingerprint density at radius 3 is 2.63 bits per heavy atom. The van der Waals surface area contributed by atoms with Crippen molar-refractivity contribution in [3.05, 3.63) is 69.9 Å². The summed E-state index contributed by atoms with van der Waals surface area (Å²) in [4.78, 5) is 41.9. The Labute approximate surface area is 252 Å². The zero-order chi connectivity index (χ0) is 29.9. The third-order valence-corrected chi connectivity index (χ3v) is 11.7. The maximum atomic E-state index is 13.3. The molecule has 7 heteroatoms. The number of esters is 1. The van der Waals surface area contributed by atoms with E-state index in [4.69, 9.17) is 4.74 Å². The minimum atomic E-state index is -0.328. The molecule has 1 amide bonds. The molecule has 0 spiro atoms. The lowest BCUT2D eigenvalue weighted by Gasteiger charge is -2.58. The molecule has 224 valence electrons. The molecule has 2 N–H and O–H groups in total. The van der Waals surface area contributed by atoms with Crippen LogP contribution in [0.4, 0.5) is 0 Å². The molecule has 4 aliphatic rings. The maximum Gasteiger partial charge on any atom is 0.305 e. The van der Waals surface area contributed by atoms with Gasteiger partial charge in [-0.3, -0.25) is 14.4 Å². The Bertz CT molecular complexity index is 1750. The largest absolute Gasteiger partial charge is 0.462 e. The molecular weight excluding hydrogens is 538 g/mol. The van der Waals surface area contributed by atoms with Crippen LogP contribution in [0.15, 0.2) is 64.0 Å². The Morgan fingerprint density at radius 1 is 0.977 bits per heavy atom. The summed E-state index contributed by atoms with van der Waals surface area (Å²) < 4.78 is 5.97. The van der Waals surface area contributed by atoms with Gasteiger partial charge in [-0.05, 0) is 105 Å². The summed E-state index contributed by atoms with van der Waals surface area (Å²) >= 11 is 0. The molecule has 3 fully saturated rings. The number of aromatic amines is 1. The first-order valence-electron chi connectivity index (χ1n) is 16.0. The highest BCUT2D eigenvalue weighted by Crippen LogP contribution is 2.65. The first-order valence-corrected chi connectivity index (χ1v) is 16.0. The second kappa shape index (κ2) is 10.5. The number of benzene rings is 2. The van der Waals surface area contributed by atoms with Crippen LogP contribution in [0.25, 0.3) is 21.8 Å². The number of pyridine rings is 1. The number of ether oxygens (including phenoxy) is 1. The van der Waals surface area contributed by atoms with Crippen molar-refractivity contribution in [2.45, 2.75) is 84.7 Å². The van der Waals surface area contributed by atoms with Gasteiger partial charge in [0.05, 0.1) is 16.8 Å². The van der Waals surface area contributed by atoms with Crippen LogP contribution in [0.5, 0.6) is 0 Å². The van der Waals surface area contributed by atoms with Crippen LogP contribution in [0.2, 0.25) is 0 Å². The summed E-state index contributed by atoms with van der Waals surface area (Å²) in [5, 5.41) is 5.69. The highest BCUT2D eigenvalue weighted by molar-refractivity contribution is 6.08. The molecule has 6 atom stereocenters. The van der Waals surface area contributed by atoms with E-state index >= 15 is 0 Å². The molecule has 6 unspecified atom stereocenters. The minimum absolute atomic E-state index is 0.0580. The van der Waals surface area contributed by atoms with Crippen molar-refractivity contribution in [1.29, 1.82) is 0 Å². The molecule has 2 aromatic carbocycles. The quantitative estimate of drug-likeness (QED) is 0.196. The zero-order valence-corrected chi connectivity index (χ0v) is 25.4. The van der Waals surface area contributed by atoms with Gasteiger partial charge in [-0.2, -0.15) is 5.10 Å². The van der Waals surface area contributed by atoms with E-state index in [1.54, 1.807) is 24.3 Å². The normalized spacial score (nSPS) is 32.5. The van der Waals surface area contributed by atoms with Crippen LogP contribution < -0.4 is 10.9 Å². The standard InChI is InChI=1S/C36H41N3O4/c1-4-31(40)43-30-15-14-27-23-13-12-21-20-22(16-18-35(21,2)28(23)17-19-36(27,30)3)38-39-34(42)26-10-7-9-25-32(26)37-29-11-6-5-8-24(29)33(25)41/h5-11,20,23,27-28,30H,4,12-19H2,1-3H3,(H,37,41)(H,39,42)/b38-22-. The van der Waals surface area contributed by atoms with Gasteiger partial charge in [0.25, 0.3) is 5.91 Å². The molecule has 0 saturated heterocycles. The number of rotatable bonds is 4. The fourth-order valence-corrected chi connectivity index (χ4v) is 9.36. The number of nitrogens with one attached hydrogen (secondary N) is 2. The fourth-order valence-electron chi connectivity index (χ4n) is 9.36. The predicted molar refractivity (Wildman–Crippen MR) is 169 cm³/mol. The first kappa shape index (κ1) is 28.1. The number of hydrogen-bond donors (Lipinski definition) is 2. The van der Waals surface area contributed by atoms with Gasteiger partial charge in [-0.15, -0.1) is 0 Å². The number of aromatic nitrogens is 1. The van der Waals surface area contributed by atoms with Crippen molar-refractivity contribution in [2.75, 3.05) is 0 Å². The molecule has 43 heavy (non-hydrogen) atoms. The van der Waals surface area contributed by atoms with Crippen molar-refractivity contribution in [3.63, 3.8) is 0 Å². The fraction of sp³-hybridized carbons (Fsp3) is 0.500. The average Bonchev–Trinajstić information content (AvgIpc) is 3.35. The van der Waals surface area contributed by atoms with E-state index in [0.717, 1.165) is 50.7 Å². The van der Waals surface area contributed by atoms with Crippen molar-refractivity contribution >= 4 is 39.4 Å². The molecule has 0 radical (unpaired) electrons. The van der Waals surface area contributed by atoms with Crippen molar-refractivity contribution in [2.24, 2.45) is 33.7 Å². The number of carbonyl (C=O) groups excluding carboxylic acids is 2. The summed E-state index contributed by atoms with van der Waals surface area (Å²) in [5.74, 6) is 1.51. The summed E-state index contributed by atoms with van der Waals surface area (Å²) in [6.45, 7) is 6.71. The average molecular weight is 580 g/mol. The molecule has 0 aliphatic heterocycles. The van der Waals surface area contributed by atoms with Gasteiger partial charge in [-0.1, -0.05) is 44.5 Å². The highest BCUT2D eigenvalue weighted by Gasteiger charge is 2.59. The zero-order valence-electron chi connectivity index (χ0n) is 25.4. The lowest BCUT2D eigenvalue weighted by Crippen LogP contribution is -2.51. The van der Waals surface area contributed by atoms with E-state index in [9.17, 15) is 14.4 Å². The Balaban J connectivity index is 1.10. The van der Waals surface area contributed by atoms with Gasteiger partial charge >= 0.3 is 5.97 Å². The molecule has 7 nitrogen and oxygen atoms in total. The Morgan fingerprint density at radius 2 is 1.79 bits per heavy atom. The van der Waals surface area contributed by atoms with Gasteiger partial charge in [-0.25, -0.2) is 5.43 Å². The van der Waals surface area contributed by atoms with Gasteiger partial charge in [0.2, 0.25) is 0 Å². The van der Waals surface area contributed by atoms with Crippen molar-refractivity contribution in [3.8, 4) is 0 Å². The molecule has 0 bridgehead atoms. The first-order chi connectivity index (χ1) is 20.7. The number of nitrogens with zero attached hydrogens (tertiary/aromatic N) is 1. The molecular formula is C36H41N3O4. The second-order valence-corrected chi connectivity index (χ2v) is 13.7. The lowest BCUT2D eigenvalue weighted by atomic mass is 9.47. The summed E-state index contributed by atoms with van der Waals surface area (Å²) in [5.41, 5.74) is 6.95. The number of hydrazone groups is 1. The van der Waals surface area contributed by atoms with E-state index in [0.29, 0.717) is 51.5 Å². The van der Waals surface area contributed by atoms with Gasteiger partial charge in [0.15, 0.2) is 5.43 Å². The molecule has 7 rings (SSSR count). The molecule has 3 aromatic rings. The monoisotopic (exact) mass is 579 g/mol. The molecule has 4 aliphatic carbocycles. The van der Waals surface area contributed by atoms with Crippen LogP contribution in [0.1, 0.15) is 88.9 Å². The number of H-pyrrole nitrogens is 1. The van der Waals surface area contributed by atoms with E-state index in [-0.39, 0.29) is 34.2 Å². The second-order valence-electron chi connectivity index (χ2n) is 13.7. The molecule has 3 saturated carbocycles. The van der Waals surface area contributed by atoms with Crippen LogP contribution >= 0.6 is 0 Å². The summed E-state index contributed by atoms with van der Waals surface area (Å²) in [6.07, 6.45) is 11.2. The van der Waals surface area contributed by atoms with Crippen LogP contribution in [0, 0.1) is 28.6 Å². The Hall–Kier alpha value is -3.74. The van der Waals surface area contributed by atoms with E-state index in [1.807, 2.05) is 25.1 Å². The van der Waals surface area contributed by atoms with E-state index < -0.39 is 0 Å². The SMILES string of the molecule is CCC(=O)OC1CCC2C3CCC4=C/C(=N\NC(=O)c5cccc6c(=O)c7ccccc7[nH]c56)CCC4(C)C3CCC12C. The van der Waals surface area contributed by atoms with E-state index in [1.165, 1.54) is 12.0 Å². The summed E-state index contributed by atoms with van der Waals surface area (Å²) in [7, 11) is 0. The van der Waals surface area contributed by atoms with Gasteiger partial charge in [0.1, 0.15) is 6.10 Å². The number of fused-ring (bicyclic) bond motifs is 7. The topological polar surface area (TPSA) is 101 Å². The number of para-hydroxylation sites is 2. The van der Waals surface area contributed by atoms with Crippen LogP contribution in [-0.2, 0) is 9.53 Å². The van der Waals surface area contributed by atoms with Crippen molar-refractivity contribution in [1.82, 2.24) is 10.4 Å². The number of allylic oxidation sites excluding steroid dienone is 2. The number of amides is 1. The molecule has 1 aromatic heterocycles. The van der Waals surface area contributed by atoms with E-state index in [2.05, 4.69) is 35.4 Å². The lowest BCUT2D eigenvalue weighted by molar-refractivity contribution is -0.159. The number of hydrogen-bond acceptors (Lipinski definition) is 5. The predicted octanol–water partition coefficient (Wildman–Crippen LogP) is 7.05. The summed E-state index contributed by atoms with van der Waals surface area (Å²) in [6, 6.07) is 12.6. The number of carbonyl (C=O) groups is 2. The van der Waals surface area contributed by atoms with Crippen molar-refractivity contribution < 1.29 is 14.3 Å². The highest BCUT2D eigenvalue weighted by atomic mass is 16.5. The molecule has 1 heterocycles. The van der Waals surface area contributed by atoms with Crippen LogP contribution in [0.3, 0.4) is 0 Å². The maximum absolute atomic E-state index is 13.3. The minimum Gasteiger partial charge on any atom is -0.462 e. The smallest absolute Gasteiger partial charge is 0.305 e. The van der Waals surface area contributed by atoms with Crippen LogP contribution in [-0.4, -0.2) is 28.7 Å². The van der Waals surface area contributed by atoms with Gasteiger partial charge in [0, 0.05) is 28.1 Å². The Kier molecular flexibility index (Phi) is 6.82. The third kappa shape index (κ3) is 4.46.